The van der Waals surface area contributed by atoms with Gasteiger partial charge in [0.25, 0.3) is 11.8 Å². The van der Waals surface area contributed by atoms with Crippen LogP contribution in [-0.4, -0.2) is 100 Å². The van der Waals surface area contributed by atoms with E-state index >= 15 is 0 Å². The zero-order valence-electron chi connectivity index (χ0n) is 20.6. The van der Waals surface area contributed by atoms with E-state index in [0.717, 1.165) is 23.8 Å². The van der Waals surface area contributed by atoms with Crippen LogP contribution < -0.4 is 22.5 Å². The summed E-state index contributed by atoms with van der Waals surface area (Å²) < 4.78 is 14.9. The van der Waals surface area contributed by atoms with Crippen molar-refractivity contribution in [1.82, 2.24) is 10.2 Å². The highest BCUT2D eigenvalue weighted by molar-refractivity contribution is 8.00. The number of carboxylic acid groups (broad SMARTS) is 2. The van der Waals surface area contributed by atoms with Gasteiger partial charge < -0.3 is 51.5 Å². The number of thioether (sulfide) groups is 1. The Morgan fingerprint density at radius 2 is 1.93 bits per heavy atom. The normalized spacial score (nSPS) is 20.0. The van der Waals surface area contributed by atoms with E-state index in [9.17, 15) is 33.9 Å². The molecule has 2 aliphatic rings. The van der Waals surface area contributed by atoms with Crippen LogP contribution in [0, 0.1) is 0 Å². The molecule has 3 rings (SSSR count). The summed E-state index contributed by atoms with van der Waals surface area (Å²) in [5.74, 6) is -5.87. The molecule has 19 heteroatoms. The monoisotopic (exact) mass is 584 g/mol. The number of β-lactam (4-membered cyclic amide) rings is 1. The molecule has 0 radical (unpaired) electrons. The van der Waals surface area contributed by atoms with E-state index in [4.69, 9.17) is 36.3 Å². The summed E-state index contributed by atoms with van der Waals surface area (Å²) in [6, 6.07) is -1.64. The number of carboxylic acids is 2. The maximum Gasteiger partial charge on any atom is 0.404 e. The molecule has 0 aliphatic carbocycles. The van der Waals surface area contributed by atoms with Crippen LogP contribution in [-0.2, 0) is 38.3 Å². The molecule has 3 heterocycles. The van der Waals surface area contributed by atoms with Crippen LogP contribution in [0.5, 0.6) is 0 Å². The number of ether oxygens (including phenoxy) is 2. The minimum Gasteiger partial charge on any atom is -0.480 e. The van der Waals surface area contributed by atoms with Gasteiger partial charge in [0.05, 0.1) is 0 Å². The largest absolute Gasteiger partial charge is 0.480 e. The summed E-state index contributed by atoms with van der Waals surface area (Å²) in [4.78, 5) is 77.1. The van der Waals surface area contributed by atoms with Crippen LogP contribution in [0.3, 0.4) is 0 Å². The third-order valence-electron chi connectivity index (χ3n) is 5.47. The molecule has 216 valence electrons. The summed E-state index contributed by atoms with van der Waals surface area (Å²) in [5.41, 5.74) is 15.3. The van der Waals surface area contributed by atoms with Crippen LogP contribution in [0.1, 0.15) is 17.6 Å². The third-order valence-corrected chi connectivity index (χ3v) is 6.81. The predicted octanol–water partition coefficient (Wildman–Crippen LogP) is -2.58. The van der Waals surface area contributed by atoms with Crippen molar-refractivity contribution >= 4 is 53.3 Å². The number of esters is 1. The number of rotatable bonds is 12. The molecule has 2 aliphatic heterocycles. The molecular weight excluding hydrogens is 560 g/mol. The lowest BCUT2D eigenvalue weighted by Crippen LogP contribution is -2.71. The SMILES string of the molecule is CO/N=C(/C(=O)N[C@@H]1C(=O)N2C(C(=O)O)=C(COC(N)=O)CS[C@H]12)c1ccc(C(N)C(=O)OC[C@@H](N)C(=O)O)o1. The lowest BCUT2D eigenvalue weighted by molar-refractivity contribution is -0.150. The first kappa shape index (κ1) is 29.9. The number of nitrogens with one attached hydrogen (secondary N) is 1. The van der Waals surface area contributed by atoms with Gasteiger partial charge in [-0.3, -0.25) is 19.3 Å². The molecule has 1 unspecified atom stereocenters. The van der Waals surface area contributed by atoms with Crippen LogP contribution >= 0.6 is 11.8 Å². The van der Waals surface area contributed by atoms with E-state index in [1.54, 1.807) is 0 Å². The quantitative estimate of drug-likeness (QED) is 0.0636. The van der Waals surface area contributed by atoms with Gasteiger partial charge in [0.15, 0.2) is 11.8 Å². The van der Waals surface area contributed by atoms with E-state index in [1.165, 1.54) is 12.1 Å². The molecule has 1 aromatic heterocycles. The average Bonchev–Trinajstić information content (AvgIpc) is 3.40. The Morgan fingerprint density at radius 3 is 2.52 bits per heavy atom. The van der Waals surface area contributed by atoms with Crippen LogP contribution in [0.4, 0.5) is 4.79 Å². The average molecular weight is 585 g/mol. The fourth-order valence-electron chi connectivity index (χ4n) is 3.55. The van der Waals surface area contributed by atoms with Crippen molar-refractivity contribution in [3.63, 3.8) is 0 Å². The number of nitrogens with two attached hydrogens (primary N) is 3. The smallest absolute Gasteiger partial charge is 0.404 e. The van der Waals surface area contributed by atoms with Crippen LogP contribution in [0.15, 0.2) is 33.0 Å². The Labute approximate surface area is 228 Å². The molecule has 4 atom stereocenters. The number of hydrogen-bond acceptors (Lipinski definition) is 14. The highest BCUT2D eigenvalue weighted by atomic mass is 32.2. The molecule has 3 amide bonds. The minimum absolute atomic E-state index is 0.0711. The van der Waals surface area contributed by atoms with Crippen molar-refractivity contribution in [2.75, 3.05) is 26.1 Å². The van der Waals surface area contributed by atoms with Gasteiger partial charge >= 0.3 is 24.0 Å². The number of aliphatic carboxylic acids is 2. The molecule has 40 heavy (non-hydrogen) atoms. The molecule has 1 aromatic rings. The molecule has 1 saturated heterocycles. The fourth-order valence-corrected chi connectivity index (χ4v) is 4.88. The lowest BCUT2D eigenvalue weighted by atomic mass is 10.0. The molecule has 0 bridgehead atoms. The molecule has 18 nitrogen and oxygen atoms in total. The van der Waals surface area contributed by atoms with Crippen molar-refractivity contribution < 1.29 is 57.7 Å². The molecule has 0 spiro atoms. The zero-order valence-corrected chi connectivity index (χ0v) is 21.4. The number of primary amides is 1. The Hall–Kier alpha value is -4.62. The van der Waals surface area contributed by atoms with Crippen molar-refractivity contribution in [2.45, 2.75) is 23.5 Å². The molecule has 1 fully saturated rings. The number of fused-ring (bicyclic) bond motifs is 1. The summed E-state index contributed by atoms with van der Waals surface area (Å²) in [6.07, 6.45) is -1.12. The standard InChI is InChI=1S/C21H24N6O12S/c1-36-26-12(10-3-2-9(39-10)11(23)20(34)37-5-8(22)18(30)31)15(28)25-13-16(29)27-14(19(32)33)7(4-38-21(24)35)6-40-17(13)27/h2-3,8,11,13,17H,4-6,22-23H2,1H3,(H2,24,35)(H,25,28)(H,30,31)(H,32,33)/b26-12+/t8-,11?,13-,17-/m1/s1. The Morgan fingerprint density at radius 1 is 1.23 bits per heavy atom. The van der Waals surface area contributed by atoms with Crippen molar-refractivity contribution in [2.24, 2.45) is 22.4 Å². The highest BCUT2D eigenvalue weighted by Crippen LogP contribution is 2.40. The summed E-state index contributed by atoms with van der Waals surface area (Å²) in [6.45, 7) is -1.07. The first-order valence-corrected chi connectivity index (χ1v) is 12.2. The van der Waals surface area contributed by atoms with Gasteiger partial charge in [0.1, 0.15) is 49.2 Å². The Bertz CT molecular complexity index is 1290. The third kappa shape index (κ3) is 6.33. The van der Waals surface area contributed by atoms with Crippen LogP contribution in [0.25, 0.3) is 0 Å². The highest BCUT2D eigenvalue weighted by Gasteiger charge is 2.54. The zero-order chi connectivity index (χ0) is 29.7. The van der Waals surface area contributed by atoms with Gasteiger partial charge in [-0.25, -0.2) is 14.4 Å². The van der Waals surface area contributed by atoms with Gasteiger partial charge in [0.2, 0.25) is 5.71 Å². The first-order valence-electron chi connectivity index (χ1n) is 11.1. The van der Waals surface area contributed by atoms with Crippen LogP contribution in [0.2, 0.25) is 0 Å². The number of carbonyl (C=O) groups is 6. The summed E-state index contributed by atoms with van der Waals surface area (Å²) >= 11 is 1.12. The maximum atomic E-state index is 13.0. The minimum atomic E-state index is -1.50. The van der Waals surface area contributed by atoms with Gasteiger partial charge in [0, 0.05) is 11.3 Å². The molecule has 0 aromatic carbocycles. The van der Waals surface area contributed by atoms with E-state index in [0.29, 0.717) is 0 Å². The Balaban J connectivity index is 1.71. The second kappa shape index (κ2) is 12.5. The molecule has 9 N–H and O–H groups in total. The van der Waals surface area contributed by atoms with Gasteiger partial charge in [-0.15, -0.1) is 11.8 Å². The van der Waals surface area contributed by atoms with Gasteiger partial charge in [-0.1, -0.05) is 5.16 Å². The van der Waals surface area contributed by atoms with Gasteiger partial charge in [-0.2, -0.15) is 0 Å². The number of oxime groups is 1. The van der Waals surface area contributed by atoms with Gasteiger partial charge in [-0.05, 0) is 12.1 Å². The molecule has 0 saturated carbocycles. The number of carbonyl (C=O) groups excluding carboxylic acids is 4. The number of nitrogens with zero attached hydrogens (tertiary/aromatic N) is 2. The van der Waals surface area contributed by atoms with E-state index in [2.05, 4.69) is 15.2 Å². The van der Waals surface area contributed by atoms with E-state index < -0.39 is 78.2 Å². The number of amides is 3. The first-order chi connectivity index (χ1) is 18.9. The van der Waals surface area contributed by atoms with Crippen molar-refractivity contribution in [3.05, 3.63) is 34.9 Å². The summed E-state index contributed by atoms with van der Waals surface area (Å²) in [7, 11) is 1.14. The predicted molar refractivity (Wildman–Crippen MR) is 131 cm³/mol. The van der Waals surface area contributed by atoms with Crippen molar-refractivity contribution in [3.8, 4) is 0 Å². The second-order valence-corrected chi connectivity index (χ2v) is 9.21. The number of hydrogen-bond donors (Lipinski definition) is 6. The topological polar surface area (TPSA) is 289 Å². The summed E-state index contributed by atoms with van der Waals surface area (Å²) in [5, 5.41) is 23.6. The van der Waals surface area contributed by atoms with E-state index in [1.807, 2.05) is 0 Å². The Kier molecular flexibility index (Phi) is 9.35. The van der Waals surface area contributed by atoms with Crippen molar-refractivity contribution in [1.29, 1.82) is 0 Å². The lowest BCUT2D eigenvalue weighted by Gasteiger charge is -2.49. The second-order valence-electron chi connectivity index (χ2n) is 8.10. The fraction of sp³-hybridized carbons (Fsp3) is 0.381. The molecular formula is C21H24N6O12S. The number of furan rings is 1. The maximum absolute atomic E-state index is 13.0. The van der Waals surface area contributed by atoms with E-state index in [-0.39, 0.29) is 28.5 Å².